The summed E-state index contributed by atoms with van der Waals surface area (Å²) in [6.07, 6.45) is 0. The van der Waals surface area contributed by atoms with Crippen LogP contribution >= 0.6 is 11.3 Å². The number of pyridine rings is 1. The minimum absolute atomic E-state index is 0.589. The maximum Gasteiger partial charge on any atom is 0.164 e. The minimum atomic E-state index is 0.589. The molecule has 4 heterocycles. The Bertz CT molecular complexity index is 3560. The van der Waals surface area contributed by atoms with Crippen LogP contribution in [-0.2, 0) is 0 Å². The SMILES string of the molecule is c1ccc(-c2nc(-c3ccc(-c4ccc5nc(-c6ccccc6)c6ccc7sc8ccccc8c7c6c5c4)cc3)nc(-c3ccc4c(c3)oc3ccccc34)n2)cc1. The first-order valence-corrected chi connectivity index (χ1v) is 20.1. The Labute approximate surface area is 336 Å². The second-order valence-corrected chi connectivity index (χ2v) is 15.7. The Morgan fingerprint density at radius 2 is 0.914 bits per heavy atom. The third-order valence-corrected chi connectivity index (χ3v) is 12.3. The number of aromatic nitrogens is 4. The number of hydrogen-bond acceptors (Lipinski definition) is 6. The van der Waals surface area contributed by atoms with Crippen molar-refractivity contribution in [3.05, 3.63) is 182 Å². The topological polar surface area (TPSA) is 64.7 Å². The van der Waals surface area contributed by atoms with E-state index in [0.29, 0.717) is 17.5 Å². The van der Waals surface area contributed by atoms with Crippen LogP contribution < -0.4 is 0 Å². The molecule has 8 aromatic carbocycles. The van der Waals surface area contributed by atoms with Crippen molar-refractivity contribution in [1.82, 2.24) is 19.9 Å². The molecule has 4 aromatic heterocycles. The van der Waals surface area contributed by atoms with Crippen molar-refractivity contribution in [3.8, 4) is 56.5 Å². The lowest BCUT2D eigenvalue weighted by molar-refractivity contribution is 0.669. The fourth-order valence-electron chi connectivity index (χ4n) is 8.33. The van der Waals surface area contributed by atoms with Gasteiger partial charge in [-0.15, -0.1) is 11.3 Å². The van der Waals surface area contributed by atoms with Crippen LogP contribution in [0.1, 0.15) is 0 Å². The van der Waals surface area contributed by atoms with Gasteiger partial charge in [-0.2, -0.15) is 0 Å². The van der Waals surface area contributed by atoms with Crippen LogP contribution in [0.2, 0.25) is 0 Å². The molecule has 0 fully saturated rings. The molecule has 0 bridgehead atoms. The van der Waals surface area contributed by atoms with Gasteiger partial charge in [-0.3, -0.25) is 0 Å². The maximum atomic E-state index is 6.24. The lowest BCUT2D eigenvalue weighted by Gasteiger charge is -2.13. The van der Waals surface area contributed by atoms with Gasteiger partial charge in [0.05, 0.1) is 11.2 Å². The molecule has 0 aliphatic rings. The third kappa shape index (κ3) is 5.30. The van der Waals surface area contributed by atoms with E-state index in [1.54, 1.807) is 0 Å². The zero-order valence-corrected chi connectivity index (χ0v) is 31.7. The van der Waals surface area contributed by atoms with Crippen molar-refractivity contribution in [1.29, 1.82) is 0 Å². The van der Waals surface area contributed by atoms with Crippen LogP contribution in [0, 0.1) is 0 Å². The van der Waals surface area contributed by atoms with Gasteiger partial charge in [0, 0.05) is 69.4 Å². The van der Waals surface area contributed by atoms with Crippen molar-refractivity contribution >= 4 is 75.1 Å². The molecule has 58 heavy (non-hydrogen) atoms. The number of benzene rings is 8. The fourth-order valence-corrected chi connectivity index (χ4v) is 9.44. The summed E-state index contributed by atoms with van der Waals surface area (Å²) in [6.45, 7) is 0. The molecule has 270 valence electrons. The van der Waals surface area contributed by atoms with Crippen LogP contribution in [0.25, 0.3) is 120 Å². The molecular formula is C52H30N4OS. The predicted molar refractivity (Wildman–Crippen MR) is 240 cm³/mol. The van der Waals surface area contributed by atoms with Crippen LogP contribution in [0.5, 0.6) is 0 Å². The number of hydrogen-bond donors (Lipinski definition) is 0. The van der Waals surface area contributed by atoms with E-state index in [-0.39, 0.29) is 0 Å². The highest BCUT2D eigenvalue weighted by molar-refractivity contribution is 7.26. The van der Waals surface area contributed by atoms with Crippen molar-refractivity contribution < 1.29 is 4.42 Å². The van der Waals surface area contributed by atoms with Gasteiger partial charge < -0.3 is 4.42 Å². The first-order valence-electron chi connectivity index (χ1n) is 19.3. The second-order valence-electron chi connectivity index (χ2n) is 14.6. The fraction of sp³-hybridized carbons (Fsp3) is 0. The first kappa shape index (κ1) is 32.7. The molecule has 0 aliphatic heterocycles. The Kier molecular flexibility index (Phi) is 7.33. The summed E-state index contributed by atoms with van der Waals surface area (Å²) in [7, 11) is 0. The first-order chi connectivity index (χ1) is 28.7. The molecule has 0 amide bonds. The molecule has 5 nitrogen and oxygen atoms in total. The molecule has 0 saturated carbocycles. The van der Waals surface area contributed by atoms with E-state index in [2.05, 4.69) is 127 Å². The van der Waals surface area contributed by atoms with Gasteiger partial charge in [0.2, 0.25) is 0 Å². The largest absolute Gasteiger partial charge is 0.456 e. The van der Waals surface area contributed by atoms with Crippen molar-refractivity contribution in [2.75, 3.05) is 0 Å². The van der Waals surface area contributed by atoms with Gasteiger partial charge in [-0.1, -0.05) is 140 Å². The zero-order valence-electron chi connectivity index (χ0n) is 30.9. The Balaban J connectivity index is 0.992. The van der Waals surface area contributed by atoms with E-state index in [1.807, 2.05) is 65.9 Å². The molecule has 12 rings (SSSR count). The zero-order chi connectivity index (χ0) is 38.2. The number of rotatable bonds is 5. The summed E-state index contributed by atoms with van der Waals surface area (Å²) in [4.78, 5) is 20.3. The van der Waals surface area contributed by atoms with Crippen molar-refractivity contribution in [3.63, 3.8) is 0 Å². The van der Waals surface area contributed by atoms with E-state index in [9.17, 15) is 0 Å². The molecule has 0 atom stereocenters. The van der Waals surface area contributed by atoms with Crippen LogP contribution in [0.4, 0.5) is 0 Å². The Morgan fingerprint density at radius 3 is 1.71 bits per heavy atom. The van der Waals surface area contributed by atoms with E-state index in [1.165, 1.54) is 25.6 Å². The number of para-hydroxylation sites is 1. The molecule has 0 spiro atoms. The van der Waals surface area contributed by atoms with E-state index >= 15 is 0 Å². The molecular weight excluding hydrogens is 729 g/mol. The van der Waals surface area contributed by atoms with Gasteiger partial charge >= 0.3 is 0 Å². The quantitative estimate of drug-likeness (QED) is 0.164. The van der Waals surface area contributed by atoms with Gasteiger partial charge in [-0.05, 0) is 53.6 Å². The average Bonchev–Trinajstić information content (AvgIpc) is 3.87. The number of thiophene rings is 1. The van der Waals surface area contributed by atoms with Crippen LogP contribution in [0.15, 0.2) is 186 Å². The minimum Gasteiger partial charge on any atom is -0.456 e. The summed E-state index contributed by atoms with van der Waals surface area (Å²) in [5.74, 6) is 1.81. The smallest absolute Gasteiger partial charge is 0.164 e. The number of nitrogens with zero attached hydrogens (tertiary/aromatic N) is 4. The second kappa shape index (κ2) is 13.0. The lowest BCUT2D eigenvalue weighted by Crippen LogP contribution is -2.00. The highest BCUT2D eigenvalue weighted by Crippen LogP contribution is 2.44. The van der Waals surface area contributed by atoms with Gasteiger partial charge in [0.1, 0.15) is 11.2 Å². The molecule has 0 aliphatic carbocycles. The molecule has 0 N–H and O–H groups in total. The molecule has 0 saturated heterocycles. The highest BCUT2D eigenvalue weighted by atomic mass is 32.1. The summed E-state index contributed by atoms with van der Waals surface area (Å²) in [5, 5.41) is 8.25. The highest BCUT2D eigenvalue weighted by Gasteiger charge is 2.18. The normalized spacial score (nSPS) is 11.8. The molecule has 0 unspecified atom stereocenters. The molecule has 0 radical (unpaired) electrons. The predicted octanol–water partition coefficient (Wildman–Crippen LogP) is 14.2. The Morgan fingerprint density at radius 1 is 0.328 bits per heavy atom. The standard InChI is InChI=1S/C52H30N4OS/c1-3-11-32(12-4-1)49-40-26-28-46-48(39-16-8-10-18-45(39)58-46)47(40)41-29-35(24-27-42(41)53-49)31-19-21-34(22-20-31)51-54-50(33-13-5-2-6-14-33)55-52(56-51)36-23-25-38-37-15-7-9-17-43(37)57-44(38)30-36/h1-30H. The summed E-state index contributed by atoms with van der Waals surface area (Å²) in [5.41, 5.74) is 9.65. The van der Waals surface area contributed by atoms with Crippen molar-refractivity contribution in [2.24, 2.45) is 0 Å². The van der Waals surface area contributed by atoms with E-state index in [4.69, 9.17) is 24.4 Å². The summed E-state index contributed by atoms with van der Waals surface area (Å²) in [6, 6.07) is 63.3. The van der Waals surface area contributed by atoms with Gasteiger partial charge in [-0.25, -0.2) is 19.9 Å². The Hall–Kier alpha value is -7.54. The lowest BCUT2D eigenvalue weighted by atomic mass is 9.94. The average molecular weight is 759 g/mol. The maximum absolute atomic E-state index is 6.24. The third-order valence-electron chi connectivity index (χ3n) is 11.1. The number of furan rings is 1. The van der Waals surface area contributed by atoms with E-state index in [0.717, 1.165) is 77.3 Å². The summed E-state index contributed by atoms with van der Waals surface area (Å²) >= 11 is 1.85. The van der Waals surface area contributed by atoms with Crippen molar-refractivity contribution in [2.45, 2.75) is 0 Å². The molecule has 6 heteroatoms. The van der Waals surface area contributed by atoms with Gasteiger partial charge in [0.25, 0.3) is 0 Å². The van der Waals surface area contributed by atoms with Crippen LogP contribution in [0.3, 0.4) is 0 Å². The van der Waals surface area contributed by atoms with E-state index < -0.39 is 0 Å². The summed E-state index contributed by atoms with van der Waals surface area (Å²) < 4.78 is 8.80. The monoisotopic (exact) mass is 758 g/mol. The molecule has 12 aromatic rings. The number of fused-ring (bicyclic) bond motifs is 10. The van der Waals surface area contributed by atoms with Crippen LogP contribution in [-0.4, -0.2) is 19.9 Å². The van der Waals surface area contributed by atoms with Gasteiger partial charge in [0.15, 0.2) is 17.5 Å².